The maximum atomic E-state index is 14.3. The van der Waals surface area contributed by atoms with Gasteiger partial charge in [0.15, 0.2) is 30.1 Å². The number of benzene rings is 4. The lowest BCUT2D eigenvalue weighted by Crippen LogP contribution is -2.61. The normalized spacial score (nSPS) is 22.9. The van der Waals surface area contributed by atoms with Crippen molar-refractivity contribution in [3.8, 4) is 0 Å². The Morgan fingerprint density at radius 3 is 1.98 bits per heavy atom. The number of esters is 1. The van der Waals surface area contributed by atoms with Crippen LogP contribution in [0, 0.1) is 6.92 Å². The third-order valence-corrected chi connectivity index (χ3v) is 11.3. The first-order chi connectivity index (χ1) is 31.9. The van der Waals surface area contributed by atoms with Crippen LogP contribution in [0.25, 0.3) is 5.57 Å². The molecule has 0 aromatic heterocycles. The summed E-state index contributed by atoms with van der Waals surface area (Å²) in [4.78, 5) is 69.1. The number of hydrogen-bond donors (Lipinski definition) is 1. The molecule has 2 aliphatic heterocycles. The number of rotatable bonds is 22. The Bertz CT molecular complexity index is 2270. The van der Waals surface area contributed by atoms with Crippen LogP contribution in [-0.2, 0) is 70.3 Å². The summed E-state index contributed by atoms with van der Waals surface area (Å²) in [6.45, 7) is 4.55. The second-order valence-corrected chi connectivity index (χ2v) is 16.0. The third-order valence-electron chi connectivity index (χ3n) is 11.3. The van der Waals surface area contributed by atoms with Crippen molar-refractivity contribution in [1.82, 2.24) is 4.90 Å². The number of methoxy groups -OCH3 is 2. The number of imide groups is 1. The van der Waals surface area contributed by atoms with Gasteiger partial charge in [-0.1, -0.05) is 121 Å². The van der Waals surface area contributed by atoms with Crippen LogP contribution >= 0.6 is 0 Å². The minimum Gasteiger partial charge on any atom is -0.451 e. The number of amides is 2. The van der Waals surface area contributed by atoms with Crippen molar-refractivity contribution in [2.75, 3.05) is 27.4 Å². The van der Waals surface area contributed by atoms with Crippen LogP contribution in [0.5, 0.6) is 0 Å². The minimum absolute atomic E-state index is 0.0127. The Kier molecular flexibility index (Phi) is 18.0. The molecule has 6 rings (SSSR count). The van der Waals surface area contributed by atoms with Crippen LogP contribution < -0.4 is 0 Å². The first-order valence-corrected chi connectivity index (χ1v) is 21.8. The van der Waals surface area contributed by atoms with Gasteiger partial charge in [-0.05, 0) is 48.6 Å². The Morgan fingerprint density at radius 2 is 1.41 bits per heavy atom. The summed E-state index contributed by atoms with van der Waals surface area (Å²) in [5.74, 6) is -3.24. The van der Waals surface area contributed by atoms with Crippen LogP contribution in [-0.4, -0.2) is 116 Å². The standard InChI is InChI=1S/C51H57NO14/c1-32-17-15-24-38(27-32)39(28-41(56)44(64-34(3)54)47(59-4)49(57)52-33(2)43(66-51(52)58)37-22-13-8-14-23-37)40(55)25-16-26-61-48-46(63-31-36-20-11-7-12-21-36)45(42(29-53)65-50(48)60-5)62-30-35-18-9-6-10-19-35/h6-15,17-24,27-28,33,42-48,50,53H,16,25-26,29-31H2,1-5H3/t33-,42-,43-,44+,45-,46+,47-,48+,50+/m1/s1. The van der Waals surface area contributed by atoms with Crippen molar-refractivity contribution in [3.05, 3.63) is 149 Å². The molecule has 2 fully saturated rings. The van der Waals surface area contributed by atoms with E-state index in [-0.39, 0.29) is 44.8 Å². The van der Waals surface area contributed by atoms with E-state index in [9.17, 15) is 29.1 Å². The van der Waals surface area contributed by atoms with Crippen molar-refractivity contribution in [2.45, 2.75) is 102 Å². The van der Waals surface area contributed by atoms with Gasteiger partial charge in [0, 0.05) is 39.7 Å². The second kappa shape index (κ2) is 24.0. The molecule has 0 unspecified atom stereocenters. The number of carbonyl (C=O) groups is 5. The fourth-order valence-corrected chi connectivity index (χ4v) is 8.05. The van der Waals surface area contributed by atoms with E-state index in [0.29, 0.717) is 11.1 Å². The molecule has 15 heteroatoms. The second-order valence-electron chi connectivity index (χ2n) is 16.0. The SMILES string of the molecule is CO[C@H]1O[C@H](CO)[C@@H](OCc2ccccc2)[C@H](OCc2ccccc2)[C@@H]1OCCCC(=O)C(=CC(=O)[C@H](OC(C)=O)[C@@H](OC)C(=O)N1C(=O)O[C@@H](c2ccccc2)[C@H]1C)c1cccc(C)c1. The number of nitrogens with zero attached hydrogens (tertiary/aromatic N) is 1. The van der Waals surface area contributed by atoms with E-state index in [1.54, 1.807) is 55.5 Å². The Balaban J connectivity index is 1.21. The third kappa shape index (κ3) is 12.5. The molecular weight excluding hydrogens is 851 g/mol. The summed E-state index contributed by atoms with van der Waals surface area (Å²) in [5, 5.41) is 10.4. The zero-order valence-electron chi connectivity index (χ0n) is 37.7. The lowest BCUT2D eigenvalue weighted by molar-refractivity contribution is -0.319. The van der Waals surface area contributed by atoms with Gasteiger partial charge < -0.3 is 43.0 Å². The van der Waals surface area contributed by atoms with Crippen LogP contribution in [0.4, 0.5) is 4.79 Å². The lowest BCUT2D eigenvalue weighted by atomic mass is 9.94. The average molecular weight is 908 g/mol. The molecule has 0 aliphatic carbocycles. The van der Waals surface area contributed by atoms with E-state index in [1.165, 1.54) is 7.11 Å². The van der Waals surface area contributed by atoms with Crippen LogP contribution in [0.2, 0.25) is 0 Å². The van der Waals surface area contributed by atoms with Gasteiger partial charge in [-0.15, -0.1) is 0 Å². The summed E-state index contributed by atoms with van der Waals surface area (Å²) < 4.78 is 47.7. The van der Waals surface area contributed by atoms with Gasteiger partial charge in [0.25, 0.3) is 5.91 Å². The Morgan fingerprint density at radius 1 is 0.788 bits per heavy atom. The predicted molar refractivity (Wildman–Crippen MR) is 239 cm³/mol. The minimum atomic E-state index is -1.88. The molecule has 2 heterocycles. The number of Topliss-reactive ketones (excluding diaryl/α,β-unsaturated/α-hetero) is 1. The largest absolute Gasteiger partial charge is 0.451 e. The molecule has 2 amide bonds. The number of hydrogen-bond acceptors (Lipinski definition) is 14. The Hall–Kier alpha value is -5.91. The average Bonchev–Trinajstić information content (AvgIpc) is 3.63. The highest BCUT2D eigenvalue weighted by atomic mass is 16.7. The number of carbonyl (C=O) groups excluding carboxylic acids is 5. The van der Waals surface area contributed by atoms with Gasteiger partial charge in [0.05, 0.1) is 25.9 Å². The summed E-state index contributed by atoms with van der Waals surface area (Å²) in [5.41, 5.74) is 3.65. The lowest BCUT2D eigenvalue weighted by Gasteiger charge is -2.45. The summed E-state index contributed by atoms with van der Waals surface area (Å²) in [7, 11) is 2.60. The number of ketones is 2. The van der Waals surface area contributed by atoms with Crippen molar-refractivity contribution in [2.24, 2.45) is 0 Å². The molecule has 15 nitrogen and oxygen atoms in total. The zero-order valence-corrected chi connectivity index (χ0v) is 37.7. The predicted octanol–water partition coefficient (Wildman–Crippen LogP) is 6.27. The van der Waals surface area contributed by atoms with Gasteiger partial charge >= 0.3 is 12.1 Å². The monoisotopic (exact) mass is 907 g/mol. The number of ether oxygens (including phenoxy) is 8. The van der Waals surface area contributed by atoms with Gasteiger partial charge in [-0.2, -0.15) is 0 Å². The van der Waals surface area contributed by atoms with Crippen molar-refractivity contribution in [3.63, 3.8) is 0 Å². The molecule has 0 radical (unpaired) electrons. The highest BCUT2D eigenvalue weighted by molar-refractivity contribution is 6.25. The van der Waals surface area contributed by atoms with Crippen molar-refractivity contribution in [1.29, 1.82) is 0 Å². The van der Waals surface area contributed by atoms with E-state index in [0.717, 1.165) is 41.7 Å². The molecule has 350 valence electrons. The number of cyclic esters (lactones) is 1. The van der Waals surface area contributed by atoms with Gasteiger partial charge in [-0.3, -0.25) is 19.2 Å². The first kappa shape index (κ1) is 49.5. The molecule has 9 atom stereocenters. The molecule has 4 aromatic carbocycles. The maximum Gasteiger partial charge on any atom is 0.417 e. The van der Waals surface area contributed by atoms with E-state index in [4.69, 9.17) is 37.9 Å². The molecule has 2 aliphatic rings. The molecule has 0 spiro atoms. The smallest absolute Gasteiger partial charge is 0.417 e. The molecule has 0 bridgehead atoms. The number of aliphatic hydroxyl groups excluding tert-OH is 1. The Labute approximate surface area is 384 Å². The molecular formula is C51H57NO14. The van der Waals surface area contributed by atoms with Crippen LogP contribution in [0.15, 0.2) is 121 Å². The highest BCUT2D eigenvalue weighted by Crippen LogP contribution is 2.34. The molecule has 4 aromatic rings. The van der Waals surface area contributed by atoms with Gasteiger partial charge in [-0.25, -0.2) is 9.69 Å². The summed E-state index contributed by atoms with van der Waals surface area (Å²) in [6.07, 6.45) is -8.54. The molecule has 66 heavy (non-hydrogen) atoms. The van der Waals surface area contributed by atoms with E-state index in [1.807, 2.05) is 73.7 Å². The topological polar surface area (TPSA) is 183 Å². The van der Waals surface area contributed by atoms with Gasteiger partial charge in [0.2, 0.25) is 0 Å². The zero-order chi connectivity index (χ0) is 47.2. The molecule has 2 saturated heterocycles. The quantitative estimate of drug-likeness (QED) is 0.0529. The van der Waals surface area contributed by atoms with Crippen LogP contribution in [0.3, 0.4) is 0 Å². The summed E-state index contributed by atoms with van der Waals surface area (Å²) in [6, 6.07) is 34.1. The highest BCUT2D eigenvalue weighted by Gasteiger charge is 2.50. The number of aryl methyl sites for hydroxylation is 1. The van der Waals surface area contributed by atoms with E-state index < -0.39 is 84.6 Å². The molecule has 1 N–H and O–H groups in total. The molecule has 0 saturated carbocycles. The summed E-state index contributed by atoms with van der Waals surface area (Å²) >= 11 is 0. The maximum absolute atomic E-state index is 14.3. The fourth-order valence-electron chi connectivity index (χ4n) is 8.05. The fraction of sp³-hybridized carbons (Fsp3) is 0.392. The van der Waals surface area contributed by atoms with E-state index in [2.05, 4.69) is 0 Å². The number of allylic oxidation sites excluding steroid dienone is 1. The van der Waals surface area contributed by atoms with Gasteiger partial charge in [0.1, 0.15) is 30.5 Å². The van der Waals surface area contributed by atoms with Crippen molar-refractivity contribution < 1.29 is 67.0 Å². The van der Waals surface area contributed by atoms with Crippen molar-refractivity contribution >= 4 is 35.1 Å². The van der Waals surface area contributed by atoms with E-state index >= 15 is 0 Å². The van der Waals surface area contributed by atoms with Crippen LogP contribution in [0.1, 0.15) is 60.6 Å². The first-order valence-electron chi connectivity index (χ1n) is 21.8. The number of aliphatic hydroxyl groups is 1.